The first kappa shape index (κ1) is 96.7. The number of rotatable bonds is 35. The van der Waals surface area contributed by atoms with Gasteiger partial charge in [-0.15, -0.1) is 0 Å². The zero-order chi connectivity index (χ0) is 86.8. The van der Waals surface area contributed by atoms with Gasteiger partial charge in [-0.25, -0.2) is 0 Å². The highest BCUT2D eigenvalue weighted by Crippen LogP contribution is 2.29. The molecule has 120 heavy (non-hydrogen) atoms. The first-order chi connectivity index (χ1) is 58.2. The predicted molar refractivity (Wildman–Crippen MR) is 470 cm³/mol. The molecule has 10 rings (SSSR count). The Morgan fingerprint density at radius 2 is 0.317 bits per heavy atom. The van der Waals surface area contributed by atoms with E-state index in [1.807, 2.05) is 338 Å². The lowest BCUT2D eigenvalue weighted by molar-refractivity contribution is -0.131. The van der Waals surface area contributed by atoms with E-state index >= 15 is 0 Å². The molecule has 0 aromatic heterocycles. The molecule has 630 valence electrons. The summed E-state index contributed by atoms with van der Waals surface area (Å²) in [6.07, 6.45) is 10.3. The number of carbonyl (C=O) groups excluding carboxylic acids is 5. The van der Waals surface area contributed by atoms with E-state index in [-0.39, 0.29) is 59.1 Å². The molecule has 0 radical (unpaired) electrons. The highest BCUT2D eigenvalue weighted by atomic mass is 16.5. The number of nitrogens with one attached hydrogen (secondary N) is 5. The number of aliphatic hydroxyl groups excluding tert-OH is 5. The Kier molecular flexibility index (Phi) is 44.1. The zero-order valence-electron chi connectivity index (χ0n) is 69.6. The molecule has 20 nitrogen and oxygen atoms in total. The zero-order valence-corrected chi connectivity index (χ0v) is 69.6. The van der Waals surface area contributed by atoms with Crippen LogP contribution in [-0.2, 0) is 47.7 Å². The third kappa shape index (κ3) is 33.0. The van der Waals surface area contributed by atoms with Crippen LogP contribution in [0.4, 0.5) is 0 Å². The van der Waals surface area contributed by atoms with Gasteiger partial charge in [0.25, 0.3) is 29.5 Å². The van der Waals surface area contributed by atoms with Gasteiger partial charge in [-0.2, -0.15) is 0 Å². The molecule has 10 aromatic carbocycles. The largest absolute Gasteiger partial charge is 0.388 e. The molecule has 0 aliphatic rings. The lowest BCUT2D eigenvalue weighted by atomic mass is 9.97. The third-order valence-electron chi connectivity index (χ3n) is 19.2. The van der Waals surface area contributed by atoms with Gasteiger partial charge in [0, 0.05) is 96.1 Å². The maximum absolute atomic E-state index is 12.2. The summed E-state index contributed by atoms with van der Waals surface area (Å²) >= 11 is 0. The Hall–Kier alpha value is -12.2. The molecule has 0 aliphatic carbocycles. The normalized spacial score (nSPS) is 15.0. The number of hydrogen-bond acceptors (Lipinski definition) is 15. The molecule has 0 fully saturated rings. The predicted octanol–water partition coefficient (Wildman–Crippen LogP) is 16.9. The van der Waals surface area contributed by atoms with Gasteiger partial charge >= 0.3 is 0 Å². The molecule has 10 N–H and O–H groups in total. The molecule has 0 spiro atoms. The van der Waals surface area contributed by atoms with E-state index in [4.69, 9.17) is 23.7 Å². The summed E-state index contributed by atoms with van der Waals surface area (Å²) in [6, 6.07) is 93.8. The van der Waals surface area contributed by atoms with Crippen molar-refractivity contribution in [3.05, 3.63) is 420 Å². The summed E-state index contributed by atoms with van der Waals surface area (Å²) in [5.74, 6) is -1.91. The van der Waals surface area contributed by atoms with Crippen molar-refractivity contribution < 1.29 is 73.2 Å². The second-order valence-corrected chi connectivity index (χ2v) is 28.0. The molecule has 0 heterocycles. The van der Waals surface area contributed by atoms with Crippen LogP contribution in [0.25, 0.3) is 0 Å². The third-order valence-corrected chi connectivity index (χ3v) is 19.2. The van der Waals surface area contributed by atoms with Crippen LogP contribution in [0.15, 0.2) is 365 Å². The molecular weight excluding hydrogens is 1510 g/mol. The number of ether oxygens (including phenoxy) is 5. The standard InChI is InChI=1S/5C20H23NO3/c5*1-15(18(22)16-9-5-3-6-10-16)13-14-21-20(23)19(24-2)17-11-7-4-8-12-17/h5*3-15,18-19,22H,1-2H3,(H,21,23)/b5*14-13-/t5*15-,18-,19+/m00000/s1. The van der Waals surface area contributed by atoms with Gasteiger partial charge in [0.2, 0.25) is 0 Å². The molecule has 15 atom stereocenters. The van der Waals surface area contributed by atoms with Crippen molar-refractivity contribution in [3.63, 3.8) is 0 Å². The second-order valence-electron chi connectivity index (χ2n) is 28.0. The fraction of sp³-hybridized carbons (Fsp3) is 0.250. The lowest BCUT2D eigenvalue weighted by Crippen LogP contribution is -2.26. The summed E-state index contributed by atoms with van der Waals surface area (Å²) in [6.45, 7) is 9.47. The molecule has 0 bridgehead atoms. The van der Waals surface area contributed by atoms with Gasteiger partial charge in [-0.05, 0) is 55.6 Å². The Morgan fingerprint density at radius 1 is 0.208 bits per heavy atom. The van der Waals surface area contributed by atoms with Crippen LogP contribution in [0.1, 0.15) is 151 Å². The summed E-state index contributed by atoms with van der Waals surface area (Å²) in [5.41, 5.74) is 8.21. The highest BCUT2D eigenvalue weighted by molar-refractivity contribution is 5.85. The van der Waals surface area contributed by atoms with Crippen LogP contribution in [0.2, 0.25) is 0 Å². The summed E-state index contributed by atoms with van der Waals surface area (Å²) < 4.78 is 26.4. The number of aliphatic hydroxyl groups is 5. The van der Waals surface area contributed by atoms with E-state index in [0.29, 0.717) is 0 Å². The molecule has 20 heteroatoms. The van der Waals surface area contributed by atoms with Crippen LogP contribution in [0.3, 0.4) is 0 Å². The molecular formula is C100H115N5O15. The fourth-order valence-electron chi connectivity index (χ4n) is 12.2. The first-order valence-corrected chi connectivity index (χ1v) is 39.5. The Morgan fingerprint density at radius 3 is 0.425 bits per heavy atom. The van der Waals surface area contributed by atoms with E-state index in [9.17, 15) is 49.5 Å². The summed E-state index contributed by atoms with van der Waals surface area (Å²) in [5, 5.41) is 65.1. The minimum Gasteiger partial charge on any atom is -0.388 e. The van der Waals surface area contributed by atoms with Crippen molar-refractivity contribution in [2.75, 3.05) is 35.5 Å². The minimum absolute atomic E-state index is 0.134. The second kappa shape index (κ2) is 54.8. The fourth-order valence-corrected chi connectivity index (χ4v) is 12.2. The SMILES string of the molecule is CO[C@@H](C(=O)N/C=C\[C@H](C)[C@H](O)c1ccccc1)c1ccccc1.CO[C@@H](C(=O)N/C=C\[C@H](C)[C@H](O)c1ccccc1)c1ccccc1.CO[C@@H](C(=O)N/C=C\[C@H](C)[C@H](O)c1ccccc1)c1ccccc1.CO[C@@H](C(=O)N/C=C\[C@H](C)[C@H](O)c1ccccc1)c1ccccc1.CO[C@@H](C(=O)N/C=C\[C@H](C)[C@H](O)c1ccccc1)c1ccccc1. The van der Waals surface area contributed by atoms with Crippen LogP contribution in [0.5, 0.6) is 0 Å². The Labute approximate surface area is 706 Å². The Balaban J connectivity index is 0.000000233. The van der Waals surface area contributed by atoms with Gasteiger partial charge in [0.15, 0.2) is 30.5 Å². The molecule has 0 aliphatic heterocycles. The Bertz CT molecular complexity index is 3970. The number of amides is 5. The maximum atomic E-state index is 12.2. The number of benzene rings is 10. The topological polar surface area (TPSA) is 293 Å². The number of hydrogen-bond donors (Lipinski definition) is 10. The van der Waals surface area contributed by atoms with Crippen LogP contribution >= 0.6 is 0 Å². The van der Waals surface area contributed by atoms with E-state index in [0.717, 1.165) is 55.6 Å². The van der Waals surface area contributed by atoms with Crippen molar-refractivity contribution in [3.8, 4) is 0 Å². The maximum Gasteiger partial charge on any atom is 0.257 e. The average Bonchev–Trinajstić information content (AvgIpc) is 0.884. The van der Waals surface area contributed by atoms with Gasteiger partial charge in [0.05, 0.1) is 30.5 Å². The van der Waals surface area contributed by atoms with Crippen LogP contribution in [0, 0.1) is 29.6 Å². The van der Waals surface area contributed by atoms with Gasteiger partial charge < -0.3 is 75.8 Å². The quantitative estimate of drug-likeness (QED) is 0.0177. The van der Waals surface area contributed by atoms with Gasteiger partial charge in [0.1, 0.15) is 0 Å². The monoisotopic (exact) mass is 1630 g/mol. The summed E-state index contributed by atoms with van der Waals surface area (Å²) in [7, 11) is 7.51. The smallest absolute Gasteiger partial charge is 0.257 e. The van der Waals surface area contributed by atoms with Crippen LogP contribution < -0.4 is 26.6 Å². The first-order valence-electron chi connectivity index (χ1n) is 39.5. The lowest BCUT2D eigenvalue weighted by Gasteiger charge is -2.16. The van der Waals surface area contributed by atoms with Crippen LogP contribution in [-0.4, -0.2) is 90.6 Å². The summed E-state index contributed by atoms with van der Waals surface area (Å²) in [4.78, 5) is 61.2. The van der Waals surface area contributed by atoms with Gasteiger partial charge in [-0.1, -0.05) is 368 Å². The molecule has 5 amide bonds. The van der Waals surface area contributed by atoms with Crippen molar-refractivity contribution in [2.45, 2.75) is 95.7 Å². The number of carbonyl (C=O) groups is 5. The molecule has 0 unspecified atom stereocenters. The molecule has 0 saturated carbocycles. The van der Waals surface area contributed by atoms with Gasteiger partial charge in [-0.3, -0.25) is 24.0 Å². The van der Waals surface area contributed by atoms with E-state index in [2.05, 4.69) is 26.6 Å². The van der Waals surface area contributed by atoms with Crippen molar-refractivity contribution >= 4 is 29.5 Å². The highest BCUT2D eigenvalue weighted by Gasteiger charge is 2.25. The van der Waals surface area contributed by atoms with Crippen molar-refractivity contribution in [2.24, 2.45) is 29.6 Å². The minimum atomic E-state index is -0.662. The molecule has 10 aromatic rings. The van der Waals surface area contributed by atoms with Crippen molar-refractivity contribution in [1.29, 1.82) is 0 Å². The van der Waals surface area contributed by atoms with E-state index < -0.39 is 61.0 Å². The average molecular weight is 1630 g/mol. The number of methoxy groups -OCH3 is 5. The van der Waals surface area contributed by atoms with Crippen molar-refractivity contribution in [1.82, 2.24) is 26.6 Å². The van der Waals surface area contributed by atoms with E-state index in [1.54, 1.807) is 61.4 Å². The molecule has 0 saturated heterocycles. The van der Waals surface area contributed by atoms with E-state index in [1.165, 1.54) is 35.5 Å².